The number of nitrogen functional groups attached to an aromatic ring is 1. The van der Waals surface area contributed by atoms with Crippen molar-refractivity contribution in [1.29, 1.82) is 0 Å². The van der Waals surface area contributed by atoms with E-state index >= 15 is 0 Å². The maximum Gasteiger partial charge on any atom is 0.162 e. The molecule has 0 atom stereocenters. The van der Waals surface area contributed by atoms with Crippen LogP contribution in [0.3, 0.4) is 0 Å². The Morgan fingerprint density at radius 2 is 1.95 bits per heavy atom. The number of aromatic nitrogens is 4. The molecule has 2 N–H and O–H groups in total. The molecule has 0 aliphatic rings. The van der Waals surface area contributed by atoms with Crippen LogP contribution in [-0.4, -0.2) is 19.5 Å². The normalized spacial score (nSPS) is 10.7. The van der Waals surface area contributed by atoms with Crippen molar-refractivity contribution in [3.05, 3.63) is 48.8 Å². The second-order valence-electron chi connectivity index (χ2n) is 4.40. The van der Waals surface area contributed by atoms with Gasteiger partial charge in [0.25, 0.3) is 0 Å². The maximum atomic E-state index is 5.91. The molecule has 5 nitrogen and oxygen atoms in total. The zero-order chi connectivity index (χ0) is 13.9. The summed E-state index contributed by atoms with van der Waals surface area (Å²) in [5, 5.41) is 0. The molecule has 0 fully saturated rings. The van der Waals surface area contributed by atoms with Gasteiger partial charge in [-0.1, -0.05) is 30.3 Å². The molecular weight excluding hydrogens is 250 g/mol. The molecule has 3 aromatic rings. The van der Waals surface area contributed by atoms with Crippen LogP contribution in [0.2, 0.25) is 0 Å². The maximum absolute atomic E-state index is 5.91. The van der Waals surface area contributed by atoms with Gasteiger partial charge in [0.05, 0.1) is 0 Å². The van der Waals surface area contributed by atoms with Crippen molar-refractivity contribution in [2.45, 2.75) is 13.5 Å². The lowest BCUT2D eigenvalue weighted by Gasteiger charge is -2.07. The van der Waals surface area contributed by atoms with Gasteiger partial charge in [0.15, 0.2) is 11.6 Å². The molecule has 0 radical (unpaired) electrons. The number of hydrogen-bond donors (Lipinski definition) is 1. The van der Waals surface area contributed by atoms with Gasteiger partial charge in [-0.3, -0.25) is 0 Å². The molecule has 0 saturated carbocycles. The lowest BCUT2D eigenvalue weighted by Crippen LogP contribution is -2.02. The topological polar surface area (TPSA) is 69.6 Å². The Morgan fingerprint density at radius 1 is 1.15 bits per heavy atom. The highest BCUT2D eigenvalue weighted by Gasteiger charge is 2.10. The van der Waals surface area contributed by atoms with Gasteiger partial charge in [0.1, 0.15) is 11.5 Å². The fourth-order valence-corrected chi connectivity index (χ4v) is 2.09. The quantitative estimate of drug-likeness (QED) is 0.790. The monoisotopic (exact) mass is 265 g/mol. The minimum Gasteiger partial charge on any atom is -0.384 e. The predicted octanol–water partition coefficient (Wildman–Crippen LogP) is 2.61. The summed E-state index contributed by atoms with van der Waals surface area (Å²) in [6.45, 7) is 2.90. The van der Waals surface area contributed by atoms with Crippen LogP contribution >= 0.6 is 0 Å². The van der Waals surface area contributed by atoms with Crippen LogP contribution in [0.15, 0.2) is 48.8 Å². The molecule has 3 rings (SSSR count). The van der Waals surface area contributed by atoms with E-state index in [2.05, 4.69) is 21.9 Å². The Bertz CT molecular complexity index is 718. The summed E-state index contributed by atoms with van der Waals surface area (Å²) in [6.07, 6.45) is 3.69. The number of anilines is 1. The highest BCUT2D eigenvalue weighted by Crippen LogP contribution is 2.22. The van der Waals surface area contributed by atoms with Crippen molar-refractivity contribution in [2.24, 2.45) is 0 Å². The van der Waals surface area contributed by atoms with Gasteiger partial charge in [-0.25, -0.2) is 15.0 Å². The van der Waals surface area contributed by atoms with E-state index in [1.807, 2.05) is 41.1 Å². The van der Waals surface area contributed by atoms with Crippen LogP contribution in [-0.2, 0) is 6.54 Å². The van der Waals surface area contributed by atoms with Gasteiger partial charge in [-0.05, 0) is 6.92 Å². The minimum atomic E-state index is 0.444. The summed E-state index contributed by atoms with van der Waals surface area (Å²) in [6, 6.07) is 11.5. The SMILES string of the molecule is CCn1ccnc1-c1cc(N)nc(-c2ccccc2)n1. The van der Waals surface area contributed by atoms with E-state index < -0.39 is 0 Å². The van der Waals surface area contributed by atoms with Crippen LogP contribution in [0.1, 0.15) is 6.92 Å². The fraction of sp³-hybridized carbons (Fsp3) is 0.133. The number of nitrogens with two attached hydrogens (primary N) is 1. The molecule has 0 spiro atoms. The summed E-state index contributed by atoms with van der Waals surface area (Å²) >= 11 is 0. The van der Waals surface area contributed by atoms with Crippen LogP contribution in [0, 0.1) is 0 Å². The van der Waals surface area contributed by atoms with E-state index in [1.165, 1.54) is 0 Å². The van der Waals surface area contributed by atoms with Crippen molar-refractivity contribution in [3.63, 3.8) is 0 Å². The summed E-state index contributed by atoms with van der Waals surface area (Å²) in [5.74, 6) is 1.87. The summed E-state index contributed by atoms with van der Waals surface area (Å²) in [5.41, 5.74) is 7.59. The van der Waals surface area contributed by atoms with E-state index in [4.69, 9.17) is 5.73 Å². The van der Waals surface area contributed by atoms with E-state index in [9.17, 15) is 0 Å². The van der Waals surface area contributed by atoms with Gasteiger partial charge < -0.3 is 10.3 Å². The molecular formula is C15H15N5. The standard InChI is InChI=1S/C15H15N5/c1-2-20-9-8-17-15(20)12-10-13(16)19-14(18-12)11-6-4-3-5-7-11/h3-10H,2H2,1H3,(H2,16,18,19). The number of benzene rings is 1. The first-order chi connectivity index (χ1) is 9.78. The Hall–Kier alpha value is -2.69. The van der Waals surface area contributed by atoms with Crippen LogP contribution < -0.4 is 5.73 Å². The van der Waals surface area contributed by atoms with E-state index in [1.54, 1.807) is 12.3 Å². The van der Waals surface area contributed by atoms with E-state index in [0.29, 0.717) is 11.6 Å². The molecule has 0 bridgehead atoms. The first-order valence-electron chi connectivity index (χ1n) is 6.49. The minimum absolute atomic E-state index is 0.444. The molecule has 100 valence electrons. The Balaban J connectivity index is 2.12. The zero-order valence-electron chi connectivity index (χ0n) is 11.2. The largest absolute Gasteiger partial charge is 0.384 e. The summed E-state index contributed by atoms with van der Waals surface area (Å²) in [4.78, 5) is 13.2. The number of aryl methyl sites for hydroxylation is 1. The molecule has 0 amide bonds. The molecule has 2 heterocycles. The Morgan fingerprint density at radius 3 is 2.70 bits per heavy atom. The van der Waals surface area contributed by atoms with Crippen LogP contribution in [0.5, 0.6) is 0 Å². The molecule has 0 unspecified atom stereocenters. The van der Waals surface area contributed by atoms with Gasteiger partial charge in [0.2, 0.25) is 0 Å². The van der Waals surface area contributed by atoms with Gasteiger partial charge in [-0.2, -0.15) is 0 Å². The average molecular weight is 265 g/mol. The molecule has 20 heavy (non-hydrogen) atoms. The summed E-state index contributed by atoms with van der Waals surface area (Å²) < 4.78 is 2.02. The number of rotatable bonds is 3. The zero-order valence-corrected chi connectivity index (χ0v) is 11.2. The van der Waals surface area contributed by atoms with E-state index in [0.717, 1.165) is 23.6 Å². The first kappa shape index (κ1) is 12.3. The highest BCUT2D eigenvalue weighted by molar-refractivity contribution is 5.63. The van der Waals surface area contributed by atoms with Crippen molar-refractivity contribution in [1.82, 2.24) is 19.5 Å². The van der Waals surface area contributed by atoms with Crippen molar-refractivity contribution in [2.75, 3.05) is 5.73 Å². The van der Waals surface area contributed by atoms with Gasteiger partial charge in [0, 0.05) is 30.6 Å². The van der Waals surface area contributed by atoms with Crippen molar-refractivity contribution >= 4 is 5.82 Å². The fourth-order valence-electron chi connectivity index (χ4n) is 2.09. The molecule has 2 aromatic heterocycles. The number of hydrogen-bond acceptors (Lipinski definition) is 4. The number of imidazole rings is 1. The van der Waals surface area contributed by atoms with Gasteiger partial charge in [-0.15, -0.1) is 0 Å². The summed E-state index contributed by atoms with van der Waals surface area (Å²) in [7, 11) is 0. The van der Waals surface area contributed by atoms with Crippen molar-refractivity contribution in [3.8, 4) is 22.9 Å². The number of nitrogens with zero attached hydrogens (tertiary/aromatic N) is 4. The van der Waals surface area contributed by atoms with Crippen molar-refractivity contribution < 1.29 is 0 Å². The smallest absolute Gasteiger partial charge is 0.162 e. The Kier molecular flexibility index (Phi) is 3.16. The van der Waals surface area contributed by atoms with E-state index in [-0.39, 0.29) is 0 Å². The van der Waals surface area contributed by atoms with Crippen LogP contribution in [0.4, 0.5) is 5.82 Å². The highest BCUT2D eigenvalue weighted by atomic mass is 15.1. The first-order valence-corrected chi connectivity index (χ1v) is 6.49. The lowest BCUT2D eigenvalue weighted by molar-refractivity contribution is 0.768. The molecule has 1 aromatic carbocycles. The predicted molar refractivity (Wildman–Crippen MR) is 78.8 cm³/mol. The molecule has 0 saturated heterocycles. The molecule has 0 aliphatic heterocycles. The molecule has 5 heteroatoms. The third-order valence-corrected chi connectivity index (χ3v) is 3.06. The van der Waals surface area contributed by atoms with Crippen LogP contribution in [0.25, 0.3) is 22.9 Å². The average Bonchev–Trinajstić information content (AvgIpc) is 2.96. The Labute approximate surface area is 117 Å². The van der Waals surface area contributed by atoms with Gasteiger partial charge >= 0.3 is 0 Å². The lowest BCUT2D eigenvalue weighted by atomic mass is 10.2. The third-order valence-electron chi connectivity index (χ3n) is 3.06. The molecule has 0 aliphatic carbocycles. The second-order valence-corrected chi connectivity index (χ2v) is 4.40. The third kappa shape index (κ3) is 2.25. The second kappa shape index (κ2) is 5.13.